The van der Waals surface area contributed by atoms with E-state index in [1.54, 1.807) is 27.1 Å². The van der Waals surface area contributed by atoms with Crippen LogP contribution in [0.5, 0.6) is 0 Å². The smallest absolute Gasteiger partial charge is 0.274 e. The zero-order valence-corrected chi connectivity index (χ0v) is 16.0. The SMILES string of the molecule is Cn1ncc(NC(=O)C(C)(C)n2cc(Cl)cn2)c1C(=O)N1CCCCC1. The summed E-state index contributed by atoms with van der Waals surface area (Å²) in [4.78, 5) is 27.5. The minimum atomic E-state index is -0.978. The van der Waals surface area contributed by atoms with Crippen LogP contribution in [0.2, 0.25) is 5.02 Å². The van der Waals surface area contributed by atoms with Gasteiger partial charge in [0.1, 0.15) is 11.2 Å². The molecule has 2 aromatic rings. The van der Waals surface area contributed by atoms with E-state index in [-0.39, 0.29) is 11.8 Å². The van der Waals surface area contributed by atoms with Crippen LogP contribution >= 0.6 is 11.6 Å². The van der Waals surface area contributed by atoms with E-state index in [1.807, 2.05) is 4.90 Å². The molecule has 0 bridgehead atoms. The van der Waals surface area contributed by atoms with Crippen LogP contribution in [-0.4, -0.2) is 49.4 Å². The highest BCUT2D eigenvalue weighted by Crippen LogP contribution is 2.23. The van der Waals surface area contributed by atoms with E-state index < -0.39 is 5.54 Å². The average molecular weight is 379 g/mol. The van der Waals surface area contributed by atoms with E-state index in [0.29, 0.717) is 16.4 Å². The van der Waals surface area contributed by atoms with Crippen LogP contribution < -0.4 is 5.32 Å². The highest BCUT2D eigenvalue weighted by Gasteiger charge is 2.33. The van der Waals surface area contributed by atoms with E-state index in [9.17, 15) is 9.59 Å². The van der Waals surface area contributed by atoms with Gasteiger partial charge in [-0.3, -0.25) is 19.0 Å². The molecule has 0 aromatic carbocycles. The van der Waals surface area contributed by atoms with E-state index >= 15 is 0 Å². The van der Waals surface area contributed by atoms with Gasteiger partial charge in [-0.15, -0.1) is 0 Å². The van der Waals surface area contributed by atoms with Crippen LogP contribution in [0, 0.1) is 0 Å². The molecule has 26 heavy (non-hydrogen) atoms. The summed E-state index contributed by atoms with van der Waals surface area (Å²) >= 11 is 5.91. The van der Waals surface area contributed by atoms with Gasteiger partial charge in [-0.2, -0.15) is 10.2 Å². The fraction of sp³-hybridized carbons (Fsp3) is 0.529. The number of anilines is 1. The summed E-state index contributed by atoms with van der Waals surface area (Å²) in [7, 11) is 1.70. The fourth-order valence-electron chi connectivity index (χ4n) is 3.02. The first kappa shape index (κ1) is 18.4. The van der Waals surface area contributed by atoms with Crippen LogP contribution in [0.3, 0.4) is 0 Å². The molecule has 0 saturated carbocycles. The Kier molecular flexibility index (Phi) is 5.04. The summed E-state index contributed by atoms with van der Waals surface area (Å²) in [6, 6.07) is 0. The molecule has 0 unspecified atom stereocenters. The number of aromatic nitrogens is 4. The Hall–Kier alpha value is -2.35. The second kappa shape index (κ2) is 7.11. The lowest BCUT2D eigenvalue weighted by Gasteiger charge is -2.27. The van der Waals surface area contributed by atoms with Crippen molar-refractivity contribution in [3.05, 3.63) is 29.3 Å². The molecular weight excluding hydrogens is 356 g/mol. The molecular formula is C17H23ClN6O2. The van der Waals surface area contributed by atoms with Gasteiger partial charge in [-0.05, 0) is 33.1 Å². The predicted molar refractivity (Wildman–Crippen MR) is 98.2 cm³/mol. The largest absolute Gasteiger partial charge is 0.337 e. The summed E-state index contributed by atoms with van der Waals surface area (Å²) in [5, 5.41) is 11.5. The normalized spacial score (nSPS) is 15.2. The van der Waals surface area contributed by atoms with Crippen molar-refractivity contribution in [2.75, 3.05) is 18.4 Å². The van der Waals surface area contributed by atoms with Gasteiger partial charge in [0, 0.05) is 26.3 Å². The van der Waals surface area contributed by atoms with Crippen LogP contribution in [0.4, 0.5) is 5.69 Å². The summed E-state index contributed by atoms with van der Waals surface area (Å²) in [6.07, 6.45) is 7.70. The minimum Gasteiger partial charge on any atom is -0.337 e. The Labute approximate surface area is 157 Å². The van der Waals surface area contributed by atoms with Gasteiger partial charge in [0.2, 0.25) is 0 Å². The number of carbonyl (C=O) groups excluding carboxylic acids is 2. The number of nitrogens with one attached hydrogen (secondary N) is 1. The fourth-order valence-corrected chi connectivity index (χ4v) is 3.15. The lowest BCUT2D eigenvalue weighted by atomic mass is 10.0. The molecule has 0 radical (unpaired) electrons. The first-order valence-electron chi connectivity index (χ1n) is 8.64. The van der Waals surface area contributed by atoms with Crippen LogP contribution in [0.25, 0.3) is 0 Å². The van der Waals surface area contributed by atoms with E-state index in [0.717, 1.165) is 32.4 Å². The molecule has 3 heterocycles. The third-order valence-electron chi connectivity index (χ3n) is 4.71. The second-order valence-corrected chi connectivity index (χ2v) is 7.44. The Bertz CT molecular complexity index is 819. The summed E-state index contributed by atoms with van der Waals surface area (Å²) < 4.78 is 3.00. The van der Waals surface area contributed by atoms with Crippen molar-refractivity contribution >= 4 is 29.1 Å². The van der Waals surface area contributed by atoms with Crippen molar-refractivity contribution in [2.45, 2.75) is 38.6 Å². The molecule has 0 spiro atoms. The number of carbonyl (C=O) groups is 2. The lowest BCUT2D eigenvalue weighted by molar-refractivity contribution is -0.123. The standard InChI is InChI=1S/C17H23ClN6O2/c1-17(2,24-11-12(18)9-20-24)16(26)21-13-10-19-22(3)14(13)15(25)23-7-5-4-6-8-23/h9-11H,4-8H2,1-3H3,(H,21,26). The van der Waals surface area contributed by atoms with E-state index in [1.165, 1.54) is 21.8 Å². The Balaban J connectivity index is 1.82. The van der Waals surface area contributed by atoms with Gasteiger partial charge in [0.05, 0.1) is 23.1 Å². The summed E-state index contributed by atoms with van der Waals surface area (Å²) in [5.41, 5.74) is -0.192. The molecule has 0 atom stereocenters. The van der Waals surface area contributed by atoms with Crippen LogP contribution in [-0.2, 0) is 17.4 Å². The molecule has 1 saturated heterocycles. The third-order valence-corrected chi connectivity index (χ3v) is 4.91. The molecule has 8 nitrogen and oxygen atoms in total. The van der Waals surface area contributed by atoms with Gasteiger partial charge in [0.25, 0.3) is 11.8 Å². The molecule has 1 fully saturated rings. The first-order valence-corrected chi connectivity index (χ1v) is 9.02. The molecule has 9 heteroatoms. The Morgan fingerprint density at radius 2 is 1.85 bits per heavy atom. The maximum Gasteiger partial charge on any atom is 0.274 e. The maximum atomic E-state index is 12.9. The lowest BCUT2D eigenvalue weighted by Crippen LogP contribution is -2.41. The molecule has 1 N–H and O–H groups in total. The van der Waals surface area contributed by atoms with Gasteiger partial charge < -0.3 is 10.2 Å². The third kappa shape index (κ3) is 3.46. The molecule has 1 aliphatic heterocycles. The van der Waals surface area contributed by atoms with Crippen molar-refractivity contribution in [1.29, 1.82) is 0 Å². The van der Waals surface area contributed by atoms with Crippen LogP contribution in [0.15, 0.2) is 18.6 Å². The molecule has 1 aliphatic rings. The van der Waals surface area contributed by atoms with Gasteiger partial charge in [-0.1, -0.05) is 11.6 Å². The number of rotatable bonds is 4. The molecule has 3 rings (SSSR count). The number of piperidine rings is 1. The summed E-state index contributed by atoms with van der Waals surface area (Å²) in [6.45, 7) is 4.92. The van der Waals surface area contributed by atoms with Crippen molar-refractivity contribution in [3.63, 3.8) is 0 Å². The van der Waals surface area contributed by atoms with E-state index in [2.05, 4.69) is 15.5 Å². The van der Waals surface area contributed by atoms with Crippen molar-refractivity contribution in [3.8, 4) is 0 Å². The Morgan fingerprint density at radius 1 is 1.15 bits per heavy atom. The number of halogens is 1. The van der Waals surface area contributed by atoms with Gasteiger partial charge in [-0.25, -0.2) is 0 Å². The van der Waals surface area contributed by atoms with E-state index in [4.69, 9.17) is 11.6 Å². The molecule has 0 aliphatic carbocycles. The zero-order valence-electron chi connectivity index (χ0n) is 15.2. The predicted octanol–water partition coefficient (Wildman–Crippen LogP) is 2.27. The van der Waals surface area contributed by atoms with Crippen molar-refractivity contribution in [1.82, 2.24) is 24.5 Å². The monoisotopic (exact) mass is 378 g/mol. The minimum absolute atomic E-state index is 0.111. The maximum absolute atomic E-state index is 12.9. The number of nitrogens with zero attached hydrogens (tertiary/aromatic N) is 5. The van der Waals surface area contributed by atoms with Gasteiger partial charge >= 0.3 is 0 Å². The molecule has 2 aromatic heterocycles. The van der Waals surface area contributed by atoms with Crippen molar-refractivity contribution < 1.29 is 9.59 Å². The zero-order chi connectivity index (χ0) is 18.9. The molecule has 140 valence electrons. The second-order valence-electron chi connectivity index (χ2n) is 7.00. The highest BCUT2D eigenvalue weighted by atomic mass is 35.5. The van der Waals surface area contributed by atoms with Gasteiger partial charge in [0.15, 0.2) is 0 Å². The van der Waals surface area contributed by atoms with Crippen LogP contribution in [0.1, 0.15) is 43.6 Å². The summed E-state index contributed by atoms with van der Waals surface area (Å²) in [5.74, 6) is -0.419. The quantitative estimate of drug-likeness (QED) is 0.884. The molecule has 2 amide bonds. The number of likely N-dealkylation sites (tertiary alicyclic amines) is 1. The first-order chi connectivity index (χ1) is 12.3. The van der Waals surface area contributed by atoms with Crippen molar-refractivity contribution in [2.24, 2.45) is 7.05 Å². The topological polar surface area (TPSA) is 85.0 Å². The number of hydrogen-bond acceptors (Lipinski definition) is 4. The number of aryl methyl sites for hydroxylation is 1. The number of hydrogen-bond donors (Lipinski definition) is 1. The highest BCUT2D eigenvalue weighted by molar-refractivity contribution is 6.30. The number of amides is 2. The Morgan fingerprint density at radius 3 is 2.46 bits per heavy atom. The average Bonchev–Trinajstić information content (AvgIpc) is 3.21.